The monoisotopic (exact) mass is 259 g/mol. The van der Waals surface area contributed by atoms with Crippen LogP contribution in [0.5, 0.6) is 0 Å². The summed E-state index contributed by atoms with van der Waals surface area (Å²) in [5.41, 5.74) is 3.04. The Kier molecular flexibility index (Phi) is 5.04. The fraction of sp³-hybridized carbons (Fsp3) is 0.667. The van der Waals surface area contributed by atoms with Gasteiger partial charge in [0.05, 0.1) is 0 Å². The molecule has 1 aromatic rings. The molecule has 0 aromatic heterocycles. The second kappa shape index (κ2) is 6.56. The Labute approximate surface area is 118 Å². The van der Waals surface area contributed by atoms with Gasteiger partial charge in [0.25, 0.3) is 0 Å². The molecular formula is C18H29N. The summed E-state index contributed by atoms with van der Waals surface area (Å²) in [5, 5.41) is 3.54. The molecule has 2 unspecified atom stereocenters. The number of hydrogen-bond donors (Lipinski definition) is 1. The molecule has 0 amide bonds. The lowest BCUT2D eigenvalue weighted by Crippen LogP contribution is -2.29. The predicted molar refractivity (Wildman–Crippen MR) is 83.8 cm³/mol. The van der Waals surface area contributed by atoms with Gasteiger partial charge in [-0.25, -0.2) is 0 Å². The van der Waals surface area contributed by atoms with Crippen LogP contribution in [0.15, 0.2) is 24.3 Å². The fourth-order valence-electron chi connectivity index (χ4n) is 2.74. The molecule has 1 saturated carbocycles. The molecule has 1 nitrogen and oxygen atoms in total. The summed E-state index contributed by atoms with van der Waals surface area (Å²) in [7, 11) is 0. The number of rotatable bonds is 6. The van der Waals surface area contributed by atoms with Gasteiger partial charge >= 0.3 is 0 Å². The molecule has 19 heavy (non-hydrogen) atoms. The zero-order chi connectivity index (χ0) is 13.8. The molecular weight excluding hydrogens is 230 g/mol. The Bertz CT molecular complexity index is 375. The lowest BCUT2D eigenvalue weighted by molar-refractivity contribution is 0.417. The van der Waals surface area contributed by atoms with Crippen molar-refractivity contribution in [2.45, 2.75) is 64.8 Å². The van der Waals surface area contributed by atoms with Gasteiger partial charge in [-0.1, -0.05) is 58.4 Å². The van der Waals surface area contributed by atoms with Gasteiger partial charge in [0.2, 0.25) is 0 Å². The van der Waals surface area contributed by atoms with Crippen molar-refractivity contribution in [1.82, 2.24) is 5.32 Å². The molecule has 1 heteroatoms. The first-order chi connectivity index (χ1) is 9.08. The summed E-state index contributed by atoms with van der Waals surface area (Å²) in [5.74, 6) is 2.16. The van der Waals surface area contributed by atoms with E-state index in [-0.39, 0.29) is 0 Å². The predicted octanol–water partition coefficient (Wildman–Crippen LogP) is 4.69. The summed E-state index contributed by atoms with van der Waals surface area (Å²) < 4.78 is 0. The minimum atomic E-state index is 0.579. The number of benzene rings is 1. The Morgan fingerprint density at radius 2 is 1.68 bits per heavy atom. The second-order valence-corrected chi connectivity index (χ2v) is 6.62. The first-order valence-corrected chi connectivity index (χ1v) is 7.91. The molecule has 1 aliphatic rings. The van der Waals surface area contributed by atoms with Crippen LogP contribution in [0.2, 0.25) is 0 Å². The second-order valence-electron chi connectivity index (χ2n) is 6.62. The molecule has 0 radical (unpaired) electrons. The quantitative estimate of drug-likeness (QED) is 0.781. The van der Waals surface area contributed by atoms with Gasteiger partial charge in [0, 0.05) is 6.04 Å². The molecule has 2 rings (SSSR count). The van der Waals surface area contributed by atoms with E-state index in [1.165, 1.54) is 24.8 Å². The lowest BCUT2D eigenvalue weighted by atomic mass is 9.79. The highest BCUT2D eigenvalue weighted by molar-refractivity contribution is 5.28. The maximum atomic E-state index is 3.54. The zero-order valence-corrected chi connectivity index (χ0v) is 12.9. The van der Waals surface area contributed by atoms with Crippen LogP contribution in [-0.4, -0.2) is 12.6 Å². The van der Waals surface area contributed by atoms with Crippen LogP contribution < -0.4 is 5.32 Å². The van der Waals surface area contributed by atoms with Gasteiger partial charge < -0.3 is 5.32 Å². The van der Waals surface area contributed by atoms with E-state index in [2.05, 4.69) is 57.3 Å². The van der Waals surface area contributed by atoms with Gasteiger partial charge in [0.15, 0.2) is 0 Å². The van der Waals surface area contributed by atoms with Crippen molar-refractivity contribution in [3.63, 3.8) is 0 Å². The minimum Gasteiger partial charge on any atom is -0.314 e. The van der Waals surface area contributed by atoms with Crippen molar-refractivity contribution in [3.8, 4) is 0 Å². The summed E-state index contributed by atoms with van der Waals surface area (Å²) in [4.78, 5) is 0. The summed E-state index contributed by atoms with van der Waals surface area (Å²) >= 11 is 0. The van der Waals surface area contributed by atoms with Gasteiger partial charge in [-0.3, -0.25) is 0 Å². The average molecular weight is 259 g/mol. The van der Waals surface area contributed by atoms with Crippen LogP contribution in [-0.2, 0) is 0 Å². The Balaban J connectivity index is 1.92. The highest BCUT2D eigenvalue weighted by Crippen LogP contribution is 2.37. The molecule has 106 valence electrons. The highest BCUT2D eigenvalue weighted by atomic mass is 14.9. The van der Waals surface area contributed by atoms with Crippen molar-refractivity contribution < 1.29 is 0 Å². The van der Waals surface area contributed by atoms with Gasteiger partial charge in [-0.2, -0.15) is 0 Å². The molecule has 0 aliphatic heterocycles. The van der Waals surface area contributed by atoms with E-state index in [9.17, 15) is 0 Å². The van der Waals surface area contributed by atoms with Crippen LogP contribution in [0.3, 0.4) is 0 Å². The van der Waals surface area contributed by atoms with Crippen molar-refractivity contribution in [3.05, 3.63) is 35.4 Å². The molecule has 0 bridgehead atoms. The van der Waals surface area contributed by atoms with Crippen LogP contribution >= 0.6 is 0 Å². The van der Waals surface area contributed by atoms with Crippen molar-refractivity contribution in [1.29, 1.82) is 0 Å². The van der Waals surface area contributed by atoms with E-state index in [1.807, 2.05) is 0 Å². The summed E-state index contributed by atoms with van der Waals surface area (Å²) in [6.07, 6.45) is 4.20. The molecule has 2 atom stereocenters. The van der Waals surface area contributed by atoms with E-state index >= 15 is 0 Å². The molecule has 1 fully saturated rings. The molecule has 1 N–H and O–H groups in total. The summed E-state index contributed by atoms with van der Waals surface area (Å²) in [6, 6.07) is 10.0. The SMILES string of the molecule is CC(C)NCC(C)C(C)c1ccc(C2CCC2)cc1. The third kappa shape index (κ3) is 3.82. The lowest BCUT2D eigenvalue weighted by Gasteiger charge is -2.27. The normalized spacial score (nSPS) is 19.2. The Morgan fingerprint density at radius 1 is 1.05 bits per heavy atom. The maximum absolute atomic E-state index is 3.54. The molecule has 0 saturated heterocycles. The molecule has 1 aromatic carbocycles. The molecule has 0 spiro atoms. The van der Waals surface area contributed by atoms with Crippen LogP contribution in [0, 0.1) is 5.92 Å². The van der Waals surface area contributed by atoms with E-state index in [1.54, 1.807) is 5.56 Å². The van der Waals surface area contributed by atoms with E-state index < -0.39 is 0 Å². The van der Waals surface area contributed by atoms with Crippen molar-refractivity contribution in [2.75, 3.05) is 6.54 Å². The first kappa shape index (κ1) is 14.6. The summed E-state index contributed by atoms with van der Waals surface area (Å²) in [6.45, 7) is 10.2. The highest BCUT2D eigenvalue weighted by Gasteiger charge is 2.20. The zero-order valence-electron chi connectivity index (χ0n) is 12.9. The largest absolute Gasteiger partial charge is 0.314 e. The van der Waals surface area contributed by atoms with E-state index in [0.717, 1.165) is 12.5 Å². The molecule has 0 heterocycles. The van der Waals surface area contributed by atoms with Gasteiger partial charge in [0.1, 0.15) is 0 Å². The Hall–Kier alpha value is -0.820. The van der Waals surface area contributed by atoms with Crippen LogP contribution in [0.25, 0.3) is 0 Å². The topological polar surface area (TPSA) is 12.0 Å². The smallest absolute Gasteiger partial charge is 0.00104 e. The van der Waals surface area contributed by atoms with Crippen LogP contribution in [0.4, 0.5) is 0 Å². The van der Waals surface area contributed by atoms with Gasteiger partial charge in [-0.05, 0) is 48.3 Å². The van der Waals surface area contributed by atoms with Crippen LogP contribution in [0.1, 0.15) is 69.9 Å². The fourth-order valence-corrected chi connectivity index (χ4v) is 2.74. The van der Waals surface area contributed by atoms with Gasteiger partial charge in [-0.15, -0.1) is 0 Å². The molecule has 1 aliphatic carbocycles. The standard InChI is InChI=1S/C18H29N/c1-13(2)19-12-14(3)15(4)16-8-10-18(11-9-16)17-6-5-7-17/h8-11,13-15,17,19H,5-7,12H2,1-4H3. The third-order valence-electron chi connectivity index (χ3n) is 4.74. The average Bonchev–Trinajstić information content (AvgIpc) is 2.34. The van der Waals surface area contributed by atoms with Crippen molar-refractivity contribution >= 4 is 0 Å². The first-order valence-electron chi connectivity index (χ1n) is 7.91. The maximum Gasteiger partial charge on any atom is 0.00104 e. The van der Waals surface area contributed by atoms with E-state index in [4.69, 9.17) is 0 Å². The minimum absolute atomic E-state index is 0.579. The number of nitrogens with one attached hydrogen (secondary N) is 1. The third-order valence-corrected chi connectivity index (χ3v) is 4.74. The van der Waals surface area contributed by atoms with E-state index in [0.29, 0.717) is 17.9 Å². The Morgan fingerprint density at radius 3 is 2.16 bits per heavy atom. The van der Waals surface area contributed by atoms with Crippen molar-refractivity contribution in [2.24, 2.45) is 5.92 Å². The number of hydrogen-bond acceptors (Lipinski definition) is 1.